The molecule has 2 aromatic carbocycles. The van der Waals surface area contributed by atoms with Crippen LogP contribution in [0.1, 0.15) is 49.1 Å². The lowest BCUT2D eigenvalue weighted by Crippen LogP contribution is -2.48. The molecule has 1 fully saturated rings. The average Bonchev–Trinajstić information content (AvgIpc) is 3.19. The Balaban J connectivity index is 1.30. The summed E-state index contributed by atoms with van der Waals surface area (Å²) >= 11 is 0. The maximum atomic E-state index is 12.7. The minimum absolute atomic E-state index is 0.0434. The maximum Gasteiger partial charge on any atom is 0.407 e. The lowest BCUT2D eigenvalue weighted by atomic mass is 9.82. The van der Waals surface area contributed by atoms with Crippen molar-refractivity contribution >= 4 is 18.0 Å². The van der Waals surface area contributed by atoms with E-state index in [1.54, 1.807) is 0 Å². The van der Waals surface area contributed by atoms with E-state index in [-0.39, 0.29) is 36.7 Å². The molecular weight excluding hydrogens is 444 g/mol. The zero-order chi connectivity index (χ0) is 24.8. The molecule has 2 aliphatic rings. The Morgan fingerprint density at radius 2 is 1.60 bits per heavy atom. The van der Waals surface area contributed by atoms with Crippen LogP contribution in [0.25, 0.3) is 11.1 Å². The minimum atomic E-state index is -0.897. The van der Waals surface area contributed by atoms with Crippen LogP contribution in [-0.4, -0.2) is 42.3 Å². The SMILES string of the molecule is C#CCC(NC(=O)OCC1c2ccccc2-c2ccccc21)C(=O)NCC1CCC(C(=O)O)CC1. The van der Waals surface area contributed by atoms with Crippen LogP contribution in [0, 0.1) is 24.2 Å². The molecule has 1 unspecified atom stereocenters. The number of rotatable bonds is 8. The number of carbonyl (C=O) groups excluding carboxylic acids is 2. The summed E-state index contributed by atoms with van der Waals surface area (Å²) in [6, 6.07) is 15.2. The zero-order valence-electron chi connectivity index (χ0n) is 19.5. The van der Waals surface area contributed by atoms with E-state index in [0.717, 1.165) is 35.1 Å². The van der Waals surface area contributed by atoms with Gasteiger partial charge in [-0.25, -0.2) is 4.79 Å². The molecule has 7 nitrogen and oxygen atoms in total. The van der Waals surface area contributed by atoms with Gasteiger partial charge in [0.25, 0.3) is 0 Å². The molecule has 2 amide bonds. The first-order valence-corrected chi connectivity index (χ1v) is 12.0. The van der Waals surface area contributed by atoms with Crippen molar-refractivity contribution in [3.8, 4) is 23.5 Å². The summed E-state index contributed by atoms with van der Waals surface area (Å²) in [7, 11) is 0. The number of alkyl carbamates (subject to hydrolysis) is 1. The van der Waals surface area contributed by atoms with Gasteiger partial charge in [-0.3, -0.25) is 9.59 Å². The van der Waals surface area contributed by atoms with E-state index >= 15 is 0 Å². The van der Waals surface area contributed by atoms with Crippen molar-refractivity contribution < 1.29 is 24.2 Å². The van der Waals surface area contributed by atoms with Gasteiger partial charge in [-0.2, -0.15) is 0 Å². The van der Waals surface area contributed by atoms with Crippen molar-refractivity contribution in [2.45, 2.75) is 44.1 Å². The molecule has 7 heteroatoms. The normalized spacial score (nSPS) is 19.5. The Morgan fingerprint density at radius 3 is 2.17 bits per heavy atom. The Bertz CT molecular complexity index is 1080. The first-order valence-electron chi connectivity index (χ1n) is 12.0. The molecule has 4 rings (SSSR count). The van der Waals surface area contributed by atoms with Crippen molar-refractivity contribution in [1.82, 2.24) is 10.6 Å². The fourth-order valence-corrected chi connectivity index (χ4v) is 5.09. The van der Waals surface area contributed by atoms with Gasteiger partial charge in [-0.1, -0.05) is 48.5 Å². The maximum absolute atomic E-state index is 12.7. The topological polar surface area (TPSA) is 105 Å². The predicted octanol–water partition coefficient (Wildman–Crippen LogP) is 3.92. The van der Waals surface area contributed by atoms with Gasteiger partial charge in [0.1, 0.15) is 12.6 Å². The van der Waals surface area contributed by atoms with Gasteiger partial charge in [0, 0.05) is 18.9 Å². The fraction of sp³-hybridized carbons (Fsp3) is 0.393. The van der Waals surface area contributed by atoms with Gasteiger partial charge in [0.2, 0.25) is 5.91 Å². The monoisotopic (exact) mass is 474 g/mol. The summed E-state index contributed by atoms with van der Waals surface area (Å²) in [6.07, 6.45) is 7.50. The number of aliphatic carboxylic acids is 1. The Kier molecular flexibility index (Phi) is 7.71. The number of amides is 2. The highest BCUT2D eigenvalue weighted by Gasteiger charge is 2.30. The Morgan fingerprint density at radius 1 is 1.00 bits per heavy atom. The summed E-state index contributed by atoms with van der Waals surface area (Å²) < 4.78 is 5.54. The lowest BCUT2D eigenvalue weighted by molar-refractivity contribution is -0.143. The number of carboxylic acids is 1. The third kappa shape index (κ3) is 5.65. The highest BCUT2D eigenvalue weighted by atomic mass is 16.5. The highest BCUT2D eigenvalue weighted by Crippen LogP contribution is 2.44. The average molecular weight is 475 g/mol. The van der Waals surface area contributed by atoms with Crippen molar-refractivity contribution in [3.63, 3.8) is 0 Å². The van der Waals surface area contributed by atoms with E-state index in [1.807, 2.05) is 36.4 Å². The summed E-state index contributed by atoms with van der Waals surface area (Å²) in [6.45, 7) is 0.579. The molecule has 0 bridgehead atoms. The van der Waals surface area contributed by atoms with Crippen molar-refractivity contribution in [2.24, 2.45) is 11.8 Å². The molecule has 0 aliphatic heterocycles. The number of benzene rings is 2. The van der Waals surface area contributed by atoms with Gasteiger partial charge in [-0.15, -0.1) is 12.3 Å². The van der Waals surface area contributed by atoms with Crippen LogP contribution in [0.2, 0.25) is 0 Å². The summed E-state index contributed by atoms with van der Waals surface area (Å²) in [4.78, 5) is 36.4. The van der Waals surface area contributed by atoms with Gasteiger partial charge < -0.3 is 20.5 Å². The van der Waals surface area contributed by atoms with Crippen molar-refractivity contribution in [1.29, 1.82) is 0 Å². The molecule has 2 aliphatic carbocycles. The molecule has 182 valence electrons. The van der Waals surface area contributed by atoms with Gasteiger partial charge >= 0.3 is 12.1 Å². The van der Waals surface area contributed by atoms with Crippen molar-refractivity contribution in [3.05, 3.63) is 59.7 Å². The summed E-state index contributed by atoms with van der Waals surface area (Å²) in [5, 5.41) is 14.6. The molecule has 0 heterocycles. The van der Waals surface area contributed by atoms with Gasteiger partial charge in [-0.05, 0) is 53.9 Å². The summed E-state index contributed by atoms with van der Waals surface area (Å²) in [5.74, 6) is 1.16. The van der Waals surface area contributed by atoms with Crippen LogP contribution in [0.5, 0.6) is 0 Å². The predicted molar refractivity (Wildman–Crippen MR) is 132 cm³/mol. The smallest absolute Gasteiger partial charge is 0.407 e. The number of carboxylic acid groups (broad SMARTS) is 1. The molecule has 2 aromatic rings. The fourth-order valence-electron chi connectivity index (χ4n) is 5.09. The minimum Gasteiger partial charge on any atom is -0.481 e. The van der Waals surface area contributed by atoms with E-state index in [4.69, 9.17) is 16.3 Å². The highest BCUT2D eigenvalue weighted by molar-refractivity contribution is 5.86. The second-order valence-corrected chi connectivity index (χ2v) is 9.23. The molecule has 0 saturated heterocycles. The van der Waals surface area contributed by atoms with E-state index in [2.05, 4.69) is 28.7 Å². The molecule has 1 atom stereocenters. The molecule has 0 radical (unpaired) electrons. The number of hydrogen-bond donors (Lipinski definition) is 3. The standard InChI is InChI=1S/C28H30N2O5/c1-2-7-25(26(31)29-16-18-12-14-19(15-13-18)27(32)33)30-28(34)35-17-24-22-10-5-3-8-20(22)21-9-4-6-11-23(21)24/h1,3-6,8-11,18-19,24-25H,7,12-17H2,(H,29,31)(H,30,34)(H,32,33). The number of nitrogens with one attached hydrogen (secondary N) is 2. The first kappa shape index (κ1) is 24.3. The van der Waals surface area contributed by atoms with Crippen molar-refractivity contribution in [2.75, 3.05) is 13.2 Å². The lowest BCUT2D eigenvalue weighted by Gasteiger charge is -2.27. The number of fused-ring (bicyclic) bond motifs is 3. The second kappa shape index (κ2) is 11.1. The number of carbonyl (C=O) groups is 3. The molecule has 35 heavy (non-hydrogen) atoms. The largest absolute Gasteiger partial charge is 0.481 e. The van der Waals surface area contributed by atoms with Gasteiger partial charge in [0.05, 0.1) is 5.92 Å². The number of terminal acetylenes is 1. The molecule has 0 aromatic heterocycles. The van der Waals surface area contributed by atoms with Crippen LogP contribution in [0.4, 0.5) is 4.79 Å². The van der Waals surface area contributed by atoms with Crippen LogP contribution in [0.3, 0.4) is 0 Å². The van der Waals surface area contributed by atoms with Crippen LogP contribution >= 0.6 is 0 Å². The van der Waals surface area contributed by atoms with Crippen LogP contribution in [-0.2, 0) is 14.3 Å². The van der Waals surface area contributed by atoms with E-state index in [1.165, 1.54) is 0 Å². The van der Waals surface area contributed by atoms with Crippen LogP contribution < -0.4 is 10.6 Å². The molecular formula is C28H30N2O5. The molecule has 1 saturated carbocycles. The zero-order valence-corrected chi connectivity index (χ0v) is 19.5. The number of ether oxygens (including phenoxy) is 1. The second-order valence-electron chi connectivity index (χ2n) is 9.23. The third-order valence-corrected chi connectivity index (χ3v) is 7.04. The van der Waals surface area contributed by atoms with Gasteiger partial charge in [0.15, 0.2) is 0 Å². The van der Waals surface area contributed by atoms with E-state index in [0.29, 0.717) is 19.4 Å². The molecule has 0 spiro atoms. The Hall–Kier alpha value is -3.79. The van der Waals surface area contributed by atoms with Crippen LogP contribution in [0.15, 0.2) is 48.5 Å². The van der Waals surface area contributed by atoms with E-state index < -0.39 is 18.1 Å². The Labute approximate surface area is 205 Å². The number of hydrogen-bond acceptors (Lipinski definition) is 4. The first-order chi connectivity index (χ1) is 17.0. The van der Waals surface area contributed by atoms with E-state index in [9.17, 15) is 14.4 Å². The molecule has 3 N–H and O–H groups in total. The summed E-state index contributed by atoms with van der Waals surface area (Å²) in [5.41, 5.74) is 4.49. The third-order valence-electron chi connectivity index (χ3n) is 7.04. The quantitative estimate of drug-likeness (QED) is 0.503.